The number of esters is 1. The number of hydrogen-bond donors (Lipinski definition) is 3. The topological polar surface area (TPSA) is 95.9 Å². The molecule has 0 saturated heterocycles. The molecule has 64 heavy (non-hydrogen) atoms. The van der Waals surface area contributed by atoms with Crippen LogP contribution in [0.4, 0.5) is 0 Å². The van der Waals surface area contributed by atoms with Gasteiger partial charge >= 0.3 is 5.97 Å². The Morgan fingerprint density at radius 2 is 0.844 bits per heavy atom. The lowest BCUT2D eigenvalue weighted by Gasteiger charge is -2.24. The van der Waals surface area contributed by atoms with E-state index in [4.69, 9.17) is 4.74 Å². The maximum atomic E-state index is 13.2. The quantitative estimate of drug-likeness (QED) is 0.0321. The number of aliphatic hydroxyl groups is 2. The van der Waals surface area contributed by atoms with Gasteiger partial charge in [-0.2, -0.15) is 0 Å². The first-order valence-electron chi connectivity index (χ1n) is 28.2. The van der Waals surface area contributed by atoms with Gasteiger partial charge in [-0.05, 0) is 44.9 Å². The standard InChI is InChI=1S/C58H109NO5/c1-4-7-10-13-16-19-22-24-26-28-30-32-35-38-41-44-47-50-56(61)55(53-60)59-57(62)52-54(49-46-43-40-37-34-21-18-15-12-9-6-3)64-58(63)51-48-45-42-39-36-33-31-29-27-25-23-20-17-14-11-8-5-2/h9,12,15,18,21,34,54-56,60-61H,4-8,10-11,13-14,16-17,19-20,22-33,35-53H2,1-3H3,(H,59,62)/b12-9+,18-15+,34-21-. The average molecular weight is 901 g/mol. The van der Waals surface area contributed by atoms with Gasteiger partial charge in [0.1, 0.15) is 6.10 Å². The van der Waals surface area contributed by atoms with Gasteiger partial charge in [-0.25, -0.2) is 0 Å². The molecule has 0 radical (unpaired) electrons. The molecule has 0 spiro atoms. The lowest BCUT2D eigenvalue weighted by atomic mass is 10.0. The highest BCUT2D eigenvalue weighted by atomic mass is 16.5. The molecule has 0 rings (SSSR count). The van der Waals surface area contributed by atoms with E-state index in [1.165, 1.54) is 180 Å². The van der Waals surface area contributed by atoms with Crippen molar-refractivity contribution in [3.8, 4) is 0 Å². The maximum Gasteiger partial charge on any atom is 0.306 e. The fourth-order valence-electron chi connectivity index (χ4n) is 8.79. The first-order valence-corrected chi connectivity index (χ1v) is 28.2. The van der Waals surface area contributed by atoms with Gasteiger partial charge in [0.15, 0.2) is 0 Å². The summed E-state index contributed by atoms with van der Waals surface area (Å²) >= 11 is 0. The van der Waals surface area contributed by atoms with E-state index in [9.17, 15) is 19.8 Å². The van der Waals surface area contributed by atoms with Crippen molar-refractivity contribution in [3.63, 3.8) is 0 Å². The van der Waals surface area contributed by atoms with Crippen LogP contribution in [0.15, 0.2) is 36.5 Å². The van der Waals surface area contributed by atoms with E-state index in [1.54, 1.807) is 0 Å². The number of rotatable bonds is 51. The summed E-state index contributed by atoms with van der Waals surface area (Å²) in [6.45, 7) is 6.37. The SMILES string of the molecule is CC/C=C/C=C/C=C\CCCCCC(CC(=O)NC(CO)C(O)CCCCCCCCCCCCCCCCCCC)OC(=O)CCCCCCCCCCCCCCCCCCC. The van der Waals surface area contributed by atoms with Crippen molar-refractivity contribution in [1.82, 2.24) is 5.32 Å². The van der Waals surface area contributed by atoms with Gasteiger partial charge in [0.05, 0.1) is 25.2 Å². The molecule has 0 aromatic rings. The van der Waals surface area contributed by atoms with Crippen LogP contribution < -0.4 is 5.32 Å². The number of unbranched alkanes of at least 4 members (excludes halogenated alkanes) is 35. The number of ether oxygens (including phenoxy) is 1. The largest absolute Gasteiger partial charge is 0.462 e. The normalized spacial score (nSPS) is 13.4. The van der Waals surface area contributed by atoms with E-state index in [0.29, 0.717) is 19.3 Å². The number of amides is 1. The zero-order valence-corrected chi connectivity index (χ0v) is 42.9. The minimum atomic E-state index is -0.795. The predicted molar refractivity (Wildman–Crippen MR) is 278 cm³/mol. The second-order valence-electron chi connectivity index (χ2n) is 19.4. The molecule has 3 unspecified atom stereocenters. The van der Waals surface area contributed by atoms with E-state index < -0.39 is 18.2 Å². The molecule has 3 N–H and O–H groups in total. The molecule has 0 fully saturated rings. The molecule has 0 bridgehead atoms. The summed E-state index contributed by atoms with van der Waals surface area (Å²) in [5, 5.41) is 23.8. The van der Waals surface area contributed by atoms with Gasteiger partial charge in [-0.3, -0.25) is 9.59 Å². The molecular weight excluding hydrogens is 791 g/mol. The van der Waals surface area contributed by atoms with Crippen molar-refractivity contribution in [1.29, 1.82) is 0 Å². The first-order chi connectivity index (χ1) is 31.5. The maximum absolute atomic E-state index is 13.2. The third-order valence-electron chi connectivity index (χ3n) is 13.0. The van der Waals surface area contributed by atoms with Crippen LogP contribution in [0.5, 0.6) is 0 Å². The van der Waals surface area contributed by atoms with E-state index in [1.807, 2.05) is 6.08 Å². The molecule has 6 heteroatoms. The van der Waals surface area contributed by atoms with Crippen LogP contribution in [0.1, 0.15) is 297 Å². The monoisotopic (exact) mass is 900 g/mol. The summed E-state index contributed by atoms with van der Waals surface area (Å²) in [6, 6.07) is -0.710. The third-order valence-corrected chi connectivity index (χ3v) is 13.0. The van der Waals surface area contributed by atoms with Crippen molar-refractivity contribution in [2.45, 2.75) is 315 Å². The van der Waals surface area contributed by atoms with E-state index in [2.05, 4.69) is 56.5 Å². The summed E-state index contributed by atoms with van der Waals surface area (Å²) in [5.41, 5.74) is 0. The molecule has 0 aromatic heterocycles. The fraction of sp³-hybridized carbons (Fsp3) is 0.862. The average Bonchev–Trinajstić information content (AvgIpc) is 3.29. The van der Waals surface area contributed by atoms with Crippen LogP contribution >= 0.6 is 0 Å². The van der Waals surface area contributed by atoms with E-state index in [0.717, 1.165) is 70.6 Å². The number of carbonyl (C=O) groups excluding carboxylic acids is 2. The Balaban J connectivity index is 4.44. The predicted octanol–water partition coefficient (Wildman–Crippen LogP) is 17.2. The van der Waals surface area contributed by atoms with Crippen molar-refractivity contribution < 1.29 is 24.5 Å². The Kier molecular flexibility index (Phi) is 50.5. The Labute approximate surface area is 398 Å². The lowest BCUT2D eigenvalue weighted by Crippen LogP contribution is -2.46. The van der Waals surface area contributed by atoms with Crippen molar-refractivity contribution >= 4 is 11.9 Å². The zero-order chi connectivity index (χ0) is 46.7. The summed E-state index contributed by atoms with van der Waals surface area (Å²) in [7, 11) is 0. The summed E-state index contributed by atoms with van der Waals surface area (Å²) in [5.74, 6) is -0.494. The Morgan fingerprint density at radius 1 is 0.469 bits per heavy atom. The second-order valence-corrected chi connectivity index (χ2v) is 19.4. The number of hydrogen-bond acceptors (Lipinski definition) is 5. The molecule has 0 aromatic carbocycles. The highest BCUT2D eigenvalue weighted by Gasteiger charge is 2.24. The van der Waals surface area contributed by atoms with Gasteiger partial charge in [0.2, 0.25) is 5.91 Å². The molecule has 0 heterocycles. The Bertz CT molecular complexity index is 1060. The summed E-state index contributed by atoms with van der Waals surface area (Å²) < 4.78 is 5.93. The third kappa shape index (κ3) is 46.6. The van der Waals surface area contributed by atoms with Crippen molar-refractivity contribution in [3.05, 3.63) is 36.5 Å². The number of nitrogens with one attached hydrogen (secondary N) is 1. The minimum absolute atomic E-state index is 0.0586. The lowest BCUT2D eigenvalue weighted by molar-refractivity contribution is -0.151. The molecule has 6 nitrogen and oxygen atoms in total. The molecule has 0 aliphatic rings. The number of carbonyl (C=O) groups is 2. The Hall–Kier alpha value is -1.92. The highest BCUT2D eigenvalue weighted by Crippen LogP contribution is 2.19. The fourth-order valence-corrected chi connectivity index (χ4v) is 8.79. The van der Waals surface area contributed by atoms with Gasteiger partial charge in [-0.1, -0.05) is 276 Å². The van der Waals surface area contributed by atoms with Gasteiger partial charge in [-0.15, -0.1) is 0 Å². The molecule has 3 atom stereocenters. The van der Waals surface area contributed by atoms with Crippen LogP contribution in [0.3, 0.4) is 0 Å². The molecule has 0 aliphatic carbocycles. The second kappa shape index (κ2) is 52.1. The Morgan fingerprint density at radius 3 is 1.27 bits per heavy atom. The highest BCUT2D eigenvalue weighted by molar-refractivity contribution is 5.77. The molecule has 376 valence electrons. The van der Waals surface area contributed by atoms with E-state index in [-0.39, 0.29) is 24.9 Å². The zero-order valence-electron chi connectivity index (χ0n) is 42.9. The van der Waals surface area contributed by atoms with Gasteiger partial charge in [0, 0.05) is 6.42 Å². The van der Waals surface area contributed by atoms with Crippen LogP contribution in [0.2, 0.25) is 0 Å². The minimum Gasteiger partial charge on any atom is -0.462 e. The van der Waals surface area contributed by atoms with Crippen LogP contribution in [-0.4, -0.2) is 46.9 Å². The van der Waals surface area contributed by atoms with Crippen molar-refractivity contribution in [2.24, 2.45) is 0 Å². The molecule has 0 saturated carbocycles. The van der Waals surface area contributed by atoms with Crippen LogP contribution in [-0.2, 0) is 14.3 Å². The van der Waals surface area contributed by atoms with Gasteiger partial charge in [0.25, 0.3) is 0 Å². The van der Waals surface area contributed by atoms with Crippen molar-refractivity contribution in [2.75, 3.05) is 6.61 Å². The number of allylic oxidation sites excluding steroid dienone is 6. The summed E-state index contributed by atoms with van der Waals surface area (Å²) in [4.78, 5) is 26.2. The summed E-state index contributed by atoms with van der Waals surface area (Å²) in [6.07, 6.45) is 62.2. The molecule has 1 amide bonds. The van der Waals surface area contributed by atoms with Crippen LogP contribution in [0.25, 0.3) is 0 Å². The first kappa shape index (κ1) is 62.1. The number of aliphatic hydroxyl groups excluding tert-OH is 2. The molecular formula is C58H109NO5. The van der Waals surface area contributed by atoms with Gasteiger partial charge < -0.3 is 20.3 Å². The molecule has 0 aliphatic heterocycles. The van der Waals surface area contributed by atoms with Crippen LogP contribution in [0, 0.1) is 0 Å². The van der Waals surface area contributed by atoms with E-state index >= 15 is 0 Å². The smallest absolute Gasteiger partial charge is 0.306 e.